The molecule has 2 atom stereocenters. The molecule has 0 saturated carbocycles. The maximum absolute atomic E-state index is 10.9. The van der Waals surface area contributed by atoms with Crippen LogP contribution in [0.1, 0.15) is 31.2 Å². The van der Waals surface area contributed by atoms with Crippen molar-refractivity contribution in [2.75, 3.05) is 18.8 Å². The lowest BCUT2D eigenvalue weighted by Gasteiger charge is -2.37. The Labute approximate surface area is 108 Å². The predicted octanol–water partition coefficient (Wildman–Crippen LogP) is 1.20. The number of anilines is 1. The number of nitrogen functional groups attached to an aromatic ring is 1. The number of nitrogens with two attached hydrogens (primary N) is 1. The Bertz CT molecular complexity index is 437. The fraction of sp³-hybridized carbons (Fsp3) is 0.643. The lowest BCUT2D eigenvalue weighted by molar-refractivity contribution is -0.00885. The molecule has 2 aliphatic heterocycles. The molecule has 2 aliphatic rings. The van der Waals surface area contributed by atoms with Gasteiger partial charge < -0.3 is 10.8 Å². The molecule has 3 heterocycles. The molecule has 0 amide bonds. The normalized spacial score (nSPS) is 32.4. The summed E-state index contributed by atoms with van der Waals surface area (Å²) in [4.78, 5) is 6.46. The summed E-state index contributed by atoms with van der Waals surface area (Å²) in [6.07, 6.45) is 6.93. The maximum Gasteiger partial charge on any atom is 0.123 e. The number of piperidine rings is 1. The van der Waals surface area contributed by atoms with E-state index < -0.39 is 5.60 Å². The van der Waals surface area contributed by atoms with Crippen LogP contribution < -0.4 is 5.73 Å². The van der Waals surface area contributed by atoms with E-state index in [1.54, 1.807) is 6.20 Å². The van der Waals surface area contributed by atoms with Gasteiger partial charge in [-0.25, -0.2) is 4.98 Å². The number of fused-ring (bicyclic) bond motifs is 1. The zero-order valence-corrected chi connectivity index (χ0v) is 10.7. The van der Waals surface area contributed by atoms with Gasteiger partial charge in [-0.05, 0) is 43.5 Å². The van der Waals surface area contributed by atoms with Crippen LogP contribution in [-0.2, 0) is 6.42 Å². The molecule has 0 aliphatic carbocycles. The van der Waals surface area contributed by atoms with Crippen molar-refractivity contribution in [1.82, 2.24) is 9.88 Å². The number of aliphatic hydroxyl groups is 1. The lowest BCUT2D eigenvalue weighted by atomic mass is 9.84. The number of pyridine rings is 1. The second-order valence-corrected chi connectivity index (χ2v) is 5.67. The van der Waals surface area contributed by atoms with Crippen molar-refractivity contribution in [2.45, 2.75) is 43.7 Å². The second kappa shape index (κ2) is 4.52. The van der Waals surface area contributed by atoms with Crippen molar-refractivity contribution in [2.24, 2.45) is 0 Å². The molecule has 2 unspecified atom stereocenters. The Morgan fingerprint density at radius 2 is 2.33 bits per heavy atom. The summed E-state index contributed by atoms with van der Waals surface area (Å²) in [6.45, 7) is 2.17. The number of nitrogens with zero attached hydrogens (tertiary/aromatic N) is 2. The molecular formula is C14H21N3O. The Morgan fingerprint density at radius 1 is 1.44 bits per heavy atom. The molecule has 4 nitrogen and oxygen atoms in total. The summed E-state index contributed by atoms with van der Waals surface area (Å²) in [5.74, 6) is 0.537. The highest BCUT2D eigenvalue weighted by atomic mass is 16.3. The molecule has 18 heavy (non-hydrogen) atoms. The zero-order chi connectivity index (χ0) is 12.6. The van der Waals surface area contributed by atoms with Crippen LogP contribution in [0.25, 0.3) is 0 Å². The molecule has 0 radical (unpaired) electrons. The minimum absolute atomic E-state index is 0.334. The molecular weight excluding hydrogens is 226 g/mol. The van der Waals surface area contributed by atoms with Crippen LogP contribution in [0, 0.1) is 0 Å². The van der Waals surface area contributed by atoms with Gasteiger partial charge in [-0.3, -0.25) is 4.90 Å². The minimum atomic E-state index is -0.575. The van der Waals surface area contributed by atoms with Gasteiger partial charge in [0.2, 0.25) is 0 Å². The SMILES string of the molecule is Nc1cc(CC2(O)CCN3CCCCC32)ccn1. The topological polar surface area (TPSA) is 62.4 Å². The number of hydrogen-bond donors (Lipinski definition) is 2. The highest BCUT2D eigenvalue weighted by Gasteiger charge is 2.46. The summed E-state index contributed by atoms with van der Waals surface area (Å²) in [5, 5.41) is 10.9. The first-order chi connectivity index (χ1) is 8.67. The molecule has 4 heteroatoms. The third-order valence-electron chi connectivity index (χ3n) is 4.42. The molecule has 1 aromatic heterocycles. The van der Waals surface area contributed by atoms with E-state index >= 15 is 0 Å². The molecule has 0 spiro atoms. The van der Waals surface area contributed by atoms with Gasteiger partial charge in [0.05, 0.1) is 5.60 Å². The first kappa shape index (κ1) is 11.9. The molecule has 2 fully saturated rings. The van der Waals surface area contributed by atoms with Crippen molar-refractivity contribution in [1.29, 1.82) is 0 Å². The van der Waals surface area contributed by atoms with E-state index in [0.29, 0.717) is 18.3 Å². The first-order valence-corrected chi connectivity index (χ1v) is 6.84. The van der Waals surface area contributed by atoms with Gasteiger partial charge in [-0.2, -0.15) is 0 Å². The molecule has 1 aromatic rings. The Morgan fingerprint density at radius 3 is 3.17 bits per heavy atom. The Hall–Kier alpha value is -1.13. The fourth-order valence-corrected chi connectivity index (χ4v) is 3.54. The van der Waals surface area contributed by atoms with E-state index in [2.05, 4.69) is 9.88 Å². The van der Waals surface area contributed by atoms with Gasteiger partial charge in [0.15, 0.2) is 0 Å². The standard InChI is InChI=1S/C14H21N3O/c15-13-9-11(4-6-16-13)10-14(18)5-8-17-7-2-1-3-12(14)17/h4,6,9,12,18H,1-3,5,7-8,10H2,(H2,15,16). The van der Waals surface area contributed by atoms with Crippen LogP contribution >= 0.6 is 0 Å². The summed E-state index contributed by atoms with van der Waals surface area (Å²) in [7, 11) is 0. The summed E-state index contributed by atoms with van der Waals surface area (Å²) in [5.41, 5.74) is 6.22. The van der Waals surface area contributed by atoms with Crippen LogP contribution in [0.4, 0.5) is 5.82 Å². The van der Waals surface area contributed by atoms with Crippen molar-refractivity contribution in [3.8, 4) is 0 Å². The summed E-state index contributed by atoms with van der Waals surface area (Å²) in [6, 6.07) is 4.17. The molecule has 0 bridgehead atoms. The first-order valence-electron chi connectivity index (χ1n) is 6.84. The smallest absolute Gasteiger partial charge is 0.123 e. The number of aromatic nitrogens is 1. The minimum Gasteiger partial charge on any atom is -0.388 e. The predicted molar refractivity (Wildman–Crippen MR) is 71.1 cm³/mol. The van der Waals surface area contributed by atoms with Crippen LogP contribution in [0.2, 0.25) is 0 Å². The lowest BCUT2D eigenvalue weighted by Crippen LogP contribution is -2.48. The van der Waals surface area contributed by atoms with E-state index in [1.807, 2.05) is 12.1 Å². The third-order valence-corrected chi connectivity index (χ3v) is 4.42. The van der Waals surface area contributed by atoms with Gasteiger partial charge in [0.1, 0.15) is 5.82 Å². The van der Waals surface area contributed by atoms with Gasteiger partial charge in [-0.15, -0.1) is 0 Å². The fourth-order valence-electron chi connectivity index (χ4n) is 3.54. The van der Waals surface area contributed by atoms with Gasteiger partial charge >= 0.3 is 0 Å². The molecule has 3 rings (SSSR count). The third kappa shape index (κ3) is 2.10. The van der Waals surface area contributed by atoms with Gasteiger partial charge in [0, 0.05) is 25.2 Å². The van der Waals surface area contributed by atoms with E-state index in [0.717, 1.165) is 31.5 Å². The largest absolute Gasteiger partial charge is 0.388 e. The maximum atomic E-state index is 10.9. The number of rotatable bonds is 2. The van der Waals surface area contributed by atoms with Crippen molar-refractivity contribution in [3.63, 3.8) is 0 Å². The van der Waals surface area contributed by atoms with Crippen LogP contribution in [0.5, 0.6) is 0 Å². The Balaban J connectivity index is 1.78. The molecule has 0 aromatic carbocycles. The molecule has 3 N–H and O–H groups in total. The van der Waals surface area contributed by atoms with Crippen LogP contribution in [0.15, 0.2) is 18.3 Å². The molecule has 2 saturated heterocycles. The van der Waals surface area contributed by atoms with E-state index in [9.17, 15) is 5.11 Å². The van der Waals surface area contributed by atoms with Crippen molar-refractivity contribution >= 4 is 5.82 Å². The van der Waals surface area contributed by atoms with Crippen molar-refractivity contribution < 1.29 is 5.11 Å². The van der Waals surface area contributed by atoms with E-state index in [4.69, 9.17) is 5.73 Å². The van der Waals surface area contributed by atoms with Gasteiger partial charge in [-0.1, -0.05) is 6.42 Å². The zero-order valence-electron chi connectivity index (χ0n) is 10.7. The Kier molecular flexibility index (Phi) is 2.99. The average molecular weight is 247 g/mol. The highest BCUT2D eigenvalue weighted by Crippen LogP contribution is 2.37. The van der Waals surface area contributed by atoms with Crippen molar-refractivity contribution in [3.05, 3.63) is 23.9 Å². The monoisotopic (exact) mass is 247 g/mol. The van der Waals surface area contributed by atoms with E-state index in [-0.39, 0.29) is 0 Å². The highest BCUT2D eigenvalue weighted by molar-refractivity contribution is 5.33. The summed E-state index contributed by atoms with van der Waals surface area (Å²) >= 11 is 0. The van der Waals surface area contributed by atoms with Gasteiger partial charge in [0.25, 0.3) is 0 Å². The van der Waals surface area contributed by atoms with E-state index in [1.165, 1.54) is 12.8 Å². The average Bonchev–Trinajstić information content (AvgIpc) is 2.68. The molecule has 98 valence electrons. The van der Waals surface area contributed by atoms with Crippen LogP contribution in [0.3, 0.4) is 0 Å². The quantitative estimate of drug-likeness (QED) is 0.824. The summed E-state index contributed by atoms with van der Waals surface area (Å²) < 4.78 is 0. The number of hydrogen-bond acceptors (Lipinski definition) is 4. The van der Waals surface area contributed by atoms with Crippen LogP contribution in [-0.4, -0.2) is 39.7 Å². The second-order valence-electron chi connectivity index (χ2n) is 5.67.